The number of nitrogens with one attached hydrogen (secondary N) is 1. The van der Waals surface area contributed by atoms with Gasteiger partial charge < -0.3 is 0 Å². The van der Waals surface area contributed by atoms with Crippen LogP contribution in [0, 0.1) is 32.1 Å². The normalized spacial score (nSPS) is 23.3. The van der Waals surface area contributed by atoms with Crippen LogP contribution in [0.15, 0.2) is 23.3 Å². The van der Waals surface area contributed by atoms with Crippen LogP contribution in [0.25, 0.3) is 0 Å². The highest BCUT2D eigenvalue weighted by Crippen LogP contribution is 2.30. The van der Waals surface area contributed by atoms with Gasteiger partial charge in [0.15, 0.2) is 0 Å². The number of non-ortho nitro benzene ring substituents is 1. The zero-order chi connectivity index (χ0) is 16.3. The maximum absolute atomic E-state index is 11.1. The van der Waals surface area contributed by atoms with Crippen molar-refractivity contribution in [2.24, 2.45) is 16.9 Å². The van der Waals surface area contributed by atoms with Crippen LogP contribution in [0.3, 0.4) is 0 Å². The van der Waals surface area contributed by atoms with E-state index in [4.69, 9.17) is 0 Å². The maximum Gasteiger partial charge on any atom is 0.301 e. The van der Waals surface area contributed by atoms with E-state index in [-0.39, 0.29) is 17.1 Å². The summed E-state index contributed by atoms with van der Waals surface area (Å²) in [6.45, 7) is 4.25. The number of nitro benzene ring substituents is 2. The molecule has 0 saturated heterocycles. The molecule has 22 heavy (non-hydrogen) atoms. The van der Waals surface area contributed by atoms with Crippen LogP contribution in [0.1, 0.15) is 33.1 Å². The first-order valence-electron chi connectivity index (χ1n) is 7.15. The van der Waals surface area contributed by atoms with Crippen LogP contribution in [-0.4, -0.2) is 15.6 Å². The molecular formula is C14H18N4O4. The van der Waals surface area contributed by atoms with E-state index >= 15 is 0 Å². The van der Waals surface area contributed by atoms with Crippen molar-refractivity contribution in [3.8, 4) is 0 Å². The molecule has 1 fully saturated rings. The molecule has 8 nitrogen and oxygen atoms in total. The van der Waals surface area contributed by atoms with E-state index in [1.54, 1.807) is 0 Å². The third kappa shape index (κ3) is 3.38. The Balaban J connectivity index is 2.25. The molecule has 1 aromatic rings. The van der Waals surface area contributed by atoms with E-state index in [0.29, 0.717) is 11.8 Å². The third-order valence-electron chi connectivity index (χ3n) is 4.18. The molecular weight excluding hydrogens is 288 g/mol. The number of benzene rings is 1. The Hall–Kier alpha value is -2.51. The summed E-state index contributed by atoms with van der Waals surface area (Å²) in [7, 11) is 0. The topological polar surface area (TPSA) is 111 Å². The molecule has 1 aliphatic carbocycles. The minimum absolute atomic E-state index is 0.161. The molecule has 0 unspecified atom stereocenters. The molecule has 1 saturated carbocycles. The Morgan fingerprint density at radius 1 is 1.23 bits per heavy atom. The lowest BCUT2D eigenvalue weighted by Gasteiger charge is -2.27. The number of hydrogen-bond acceptors (Lipinski definition) is 6. The smallest absolute Gasteiger partial charge is 0.272 e. The first-order valence-corrected chi connectivity index (χ1v) is 7.15. The largest absolute Gasteiger partial charge is 0.301 e. The van der Waals surface area contributed by atoms with Gasteiger partial charge in [0.1, 0.15) is 5.69 Å². The molecule has 0 spiro atoms. The number of anilines is 1. The van der Waals surface area contributed by atoms with E-state index in [1.807, 2.05) is 0 Å². The fraction of sp³-hybridized carbons (Fsp3) is 0.500. The van der Waals surface area contributed by atoms with Gasteiger partial charge >= 0.3 is 5.69 Å². The van der Waals surface area contributed by atoms with Gasteiger partial charge in [-0.2, -0.15) is 5.10 Å². The molecule has 0 amide bonds. The predicted octanol–water partition coefficient (Wildman–Crippen LogP) is 3.73. The second-order valence-corrected chi connectivity index (χ2v) is 5.59. The number of nitro groups is 2. The summed E-state index contributed by atoms with van der Waals surface area (Å²) >= 11 is 0. The lowest BCUT2D eigenvalue weighted by atomic mass is 9.80. The first-order chi connectivity index (χ1) is 10.4. The van der Waals surface area contributed by atoms with Gasteiger partial charge in [0.25, 0.3) is 5.69 Å². The van der Waals surface area contributed by atoms with Crippen molar-refractivity contribution in [3.63, 3.8) is 0 Å². The average Bonchev–Trinajstić information content (AvgIpc) is 2.48. The second-order valence-electron chi connectivity index (χ2n) is 5.59. The summed E-state index contributed by atoms with van der Waals surface area (Å²) in [6.07, 6.45) is 3.06. The van der Waals surface area contributed by atoms with Gasteiger partial charge in [0.05, 0.1) is 15.9 Å². The molecule has 2 atom stereocenters. The number of nitrogens with zero attached hydrogens (tertiary/aromatic N) is 3. The van der Waals surface area contributed by atoms with Crippen LogP contribution in [-0.2, 0) is 0 Å². The lowest BCUT2D eigenvalue weighted by molar-refractivity contribution is -0.393. The van der Waals surface area contributed by atoms with Gasteiger partial charge in [-0.1, -0.05) is 13.8 Å². The summed E-state index contributed by atoms with van der Waals surface area (Å²) in [5, 5.41) is 26.1. The monoisotopic (exact) mass is 306 g/mol. The predicted molar refractivity (Wildman–Crippen MR) is 83.0 cm³/mol. The molecule has 1 N–H and O–H groups in total. The molecule has 1 aliphatic rings. The minimum Gasteiger partial charge on any atom is -0.272 e. The van der Waals surface area contributed by atoms with Gasteiger partial charge in [0.2, 0.25) is 0 Å². The number of rotatable bonds is 4. The van der Waals surface area contributed by atoms with Gasteiger partial charge in [-0.15, -0.1) is 0 Å². The standard InChI is InChI=1S/C14H18N4O4/c1-9-4-3-5-12(10(9)2)15-16-13-7-6-11(17(19)20)8-14(13)18(21)22/h6-10,16H,3-5H2,1-2H3/t9-,10-/m0/s1. The fourth-order valence-electron chi connectivity index (χ4n) is 2.58. The van der Waals surface area contributed by atoms with E-state index in [9.17, 15) is 20.2 Å². The van der Waals surface area contributed by atoms with E-state index in [0.717, 1.165) is 31.0 Å². The van der Waals surface area contributed by atoms with Crippen LogP contribution >= 0.6 is 0 Å². The fourth-order valence-corrected chi connectivity index (χ4v) is 2.58. The highest BCUT2D eigenvalue weighted by atomic mass is 16.6. The summed E-state index contributed by atoms with van der Waals surface area (Å²) in [5.41, 5.74) is 3.18. The Morgan fingerprint density at radius 2 is 1.95 bits per heavy atom. The number of hydrogen-bond donors (Lipinski definition) is 1. The molecule has 2 rings (SSSR count). The van der Waals surface area contributed by atoms with E-state index in [1.165, 1.54) is 12.1 Å². The summed E-state index contributed by atoms with van der Waals surface area (Å²) in [5.74, 6) is 0.847. The highest BCUT2D eigenvalue weighted by Gasteiger charge is 2.24. The Bertz CT molecular complexity index is 629. The Kier molecular flexibility index (Phi) is 4.69. The molecule has 0 bridgehead atoms. The Labute approximate surface area is 127 Å². The lowest BCUT2D eigenvalue weighted by Crippen LogP contribution is -2.25. The SMILES string of the molecule is C[C@@H]1C(=NNc2ccc([N+](=O)[O-])cc2[N+](=O)[O-])CCC[C@@H]1C. The van der Waals surface area contributed by atoms with Gasteiger partial charge in [-0.25, -0.2) is 0 Å². The Morgan fingerprint density at radius 3 is 2.59 bits per heavy atom. The van der Waals surface area contributed by atoms with Crippen LogP contribution in [0.5, 0.6) is 0 Å². The van der Waals surface area contributed by atoms with Crippen molar-refractivity contribution in [1.82, 2.24) is 0 Å². The summed E-state index contributed by atoms with van der Waals surface area (Å²) in [6, 6.07) is 3.48. The van der Waals surface area contributed by atoms with Crippen molar-refractivity contribution >= 4 is 22.8 Å². The summed E-state index contributed by atoms with van der Waals surface area (Å²) < 4.78 is 0. The van der Waals surface area contributed by atoms with Gasteiger partial charge in [-0.05, 0) is 37.2 Å². The molecule has 0 aromatic heterocycles. The zero-order valence-corrected chi connectivity index (χ0v) is 12.5. The van der Waals surface area contributed by atoms with Crippen LogP contribution < -0.4 is 5.43 Å². The van der Waals surface area contributed by atoms with Crippen molar-refractivity contribution < 1.29 is 9.85 Å². The number of hydrazone groups is 1. The van der Waals surface area contributed by atoms with Crippen molar-refractivity contribution in [3.05, 3.63) is 38.4 Å². The second kappa shape index (κ2) is 6.50. The third-order valence-corrected chi connectivity index (χ3v) is 4.18. The molecule has 1 aromatic carbocycles. The minimum atomic E-state index is -0.659. The van der Waals surface area contributed by atoms with E-state index < -0.39 is 9.85 Å². The van der Waals surface area contributed by atoms with Gasteiger partial charge in [-0.3, -0.25) is 25.7 Å². The van der Waals surface area contributed by atoms with Crippen molar-refractivity contribution in [1.29, 1.82) is 0 Å². The first kappa shape index (κ1) is 15.9. The molecule has 118 valence electrons. The molecule has 0 heterocycles. The zero-order valence-electron chi connectivity index (χ0n) is 12.5. The molecule has 8 heteroatoms. The van der Waals surface area contributed by atoms with Crippen LogP contribution in [0.2, 0.25) is 0 Å². The van der Waals surface area contributed by atoms with Crippen molar-refractivity contribution in [2.45, 2.75) is 33.1 Å². The summed E-state index contributed by atoms with van der Waals surface area (Å²) in [4.78, 5) is 20.5. The van der Waals surface area contributed by atoms with Crippen molar-refractivity contribution in [2.75, 3.05) is 5.43 Å². The van der Waals surface area contributed by atoms with Crippen LogP contribution in [0.4, 0.5) is 17.1 Å². The maximum atomic E-state index is 11.1. The van der Waals surface area contributed by atoms with Gasteiger partial charge in [0, 0.05) is 11.8 Å². The average molecular weight is 306 g/mol. The molecule has 0 aliphatic heterocycles. The quantitative estimate of drug-likeness (QED) is 0.673. The molecule has 0 radical (unpaired) electrons. The highest BCUT2D eigenvalue weighted by molar-refractivity contribution is 5.88. The van der Waals surface area contributed by atoms with E-state index in [2.05, 4.69) is 24.4 Å².